The van der Waals surface area contributed by atoms with Crippen LogP contribution in [0, 0.1) is 5.92 Å². The summed E-state index contributed by atoms with van der Waals surface area (Å²) in [6.07, 6.45) is 4.29. The third kappa shape index (κ3) is 2.85. The van der Waals surface area contributed by atoms with Crippen LogP contribution in [0.2, 0.25) is 5.02 Å². The maximum atomic E-state index is 12.6. The molecule has 1 aliphatic rings. The van der Waals surface area contributed by atoms with Gasteiger partial charge in [0.2, 0.25) is 0 Å². The molecule has 22 heavy (non-hydrogen) atoms. The lowest BCUT2D eigenvalue weighted by Crippen LogP contribution is -2.18. The maximum absolute atomic E-state index is 12.6. The number of carbonyl (C=O) groups excluding carboxylic acids is 1. The van der Waals surface area contributed by atoms with E-state index in [2.05, 4.69) is 12.2 Å². The van der Waals surface area contributed by atoms with Gasteiger partial charge >= 0.3 is 0 Å². The predicted molar refractivity (Wildman–Crippen MR) is 93.9 cm³/mol. The minimum Gasteiger partial charge on any atom is -0.390 e. The largest absolute Gasteiger partial charge is 0.390 e. The van der Waals surface area contributed by atoms with Crippen molar-refractivity contribution in [2.75, 3.05) is 11.1 Å². The van der Waals surface area contributed by atoms with Crippen LogP contribution in [0.4, 0.5) is 10.7 Å². The van der Waals surface area contributed by atoms with Crippen LogP contribution in [0.1, 0.15) is 40.6 Å². The number of rotatable bonds is 3. The Bertz CT molecular complexity index is 711. The van der Waals surface area contributed by atoms with Crippen LogP contribution < -0.4 is 11.1 Å². The zero-order valence-electron chi connectivity index (χ0n) is 12.5. The van der Waals surface area contributed by atoms with Crippen molar-refractivity contribution in [3.63, 3.8) is 0 Å². The lowest BCUT2D eigenvalue weighted by molar-refractivity contribution is 0.102. The van der Waals surface area contributed by atoms with Gasteiger partial charge in [-0.3, -0.25) is 4.79 Å². The van der Waals surface area contributed by atoms with Crippen LogP contribution in [0.15, 0.2) is 24.3 Å². The van der Waals surface area contributed by atoms with Gasteiger partial charge in [-0.1, -0.05) is 37.1 Å². The van der Waals surface area contributed by atoms with Crippen molar-refractivity contribution < 1.29 is 4.79 Å². The second-order valence-corrected chi connectivity index (χ2v) is 7.24. The Kier molecular flexibility index (Phi) is 4.41. The van der Waals surface area contributed by atoms with Gasteiger partial charge in [-0.05, 0) is 42.9 Å². The summed E-state index contributed by atoms with van der Waals surface area (Å²) in [7, 11) is 0. The number of nitrogen functional groups attached to an aromatic ring is 1. The Balaban J connectivity index is 1.88. The van der Waals surface area contributed by atoms with E-state index in [0.717, 1.165) is 24.8 Å². The van der Waals surface area contributed by atoms with Crippen molar-refractivity contribution in [3.8, 4) is 0 Å². The second-order valence-electron chi connectivity index (χ2n) is 5.69. The van der Waals surface area contributed by atoms with Crippen molar-refractivity contribution in [2.24, 2.45) is 5.92 Å². The zero-order valence-corrected chi connectivity index (χ0v) is 14.1. The van der Waals surface area contributed by atoms with Gasteiger partial charge in [0.15, 0.2) is 0 Å². The van der Waals surface area contributed by atoms with Crippen LogP contribution in [0.5, 0.6) is 0 Å². The molecule has 0 saturated heterocycles. The molecule has 1 atom stereocenters. The van der Waals surface area contributed by atoms with Gasteiger partial charge in [-0.2, -0.15) is 0 Å². The predicted octanol–water partition coefficient (Wildman–Crippen LogP) is 4.75. The van der Waals surface area contributed by atoms with Gasteiger partial charge in [-0.15, -0.1) is 11.3 Å². The maximum Gasteiger partial charge on any atom is 0.258 e. The molecule has 0 spiro atoms. The molecule has 3 rings (SSSR count). The summed E-state index contributed by atoms with van der Waals surface area (Å²) in [6.45, 7) is 2.22. The number of benzene rings is 1. The molecule has 3 N–H and O–H groups in total. The molecule has 1 heterocycles. The summed E-state index contributed by atoms with van der Waals surface area (Å²) in [5.74, 6) is 0.558. The Labute approximate surface area is 139 Å². The average molecular weight is 335 g/mol. The molecule has 3 nitrogen and oxygen atoms in total. The third-order valence-electron chi connectivity index (χ3n) is 4.32. The molecule has 0 fully saturated rings. The summed E-state index contributed by atoms with van der Waals surface area (Å²) in [5, 5.41) is 4.03. The highest BCUT2D eigenvalue weighted by atomic mass is 35.5. The molecule has 2 aromatic rings. The summed E-state index contributed by atoms with van der Waals surface area (Å²) in [6, 6.07) is 7.24. The van der Waals surface area contributed by atoms with Crippen molar-refractivity contribution in [3.05, 3.63) is 45.3 Å². The van der Waals surface area contributed by atoms with Crippen molar-refractivity contribution in [2.45, 2.75) is 32.6 Å². The quantitative estimate of drug-likeness (QED) is 0.850. The van der Waals surface area contributed by atoms with E-state index < -0.39 is 0 Å². The third-order valence-corrected chi connectivity index (χ3v) is 5.73. The second kappa shape index (κ2) is 6.31. The van der Waals surface area contributed by atoms with Gasteiger partial charge in [0, 0.05) is 4.88 Å². The Morgan fingerprint density at radius 1 is 1.45 bits per heavy atom. The monoisotopic (exact) mass is 334 g/mol. The number of hydrogen-bond donors (Lipinski definition) is 2. The summed E-state index contributed by atoms with van der Waals surface area (Å²) in [4.78, 5) is 13.9. The molecule has 0 bridgehead atoms. The lowest BCUT2D eigenvalue weighted by Gasteiger charge is -2.21. The molecule has 1 aliphatic carbocycles. The van der Waals surface area contributed by atoms with E-state index in [-0.39, 0.29) is 5.91 Å². The number of para-hydroxylation sites is 1. The van der Waals surface area contributed by atoms with Gasteiger partial charge < -0.3 is 11.1 Å². The number of nitrogens with two attached hydrogens (primary N) is 1. The molecule has 0 aliphatic heterocycles. The number of carbonyl (C=O) groups is 1. The van der Waals surface area contributed by atoms with E-state index in [1.165, 1.54) is 11.3 Å². The topological polar surface area (TPSA) is 55.1 Å². The first-order valence-electron chi connectivity index (χ1n) is 7.56. The first-order valence-corrected chi connectivity index (χ1v) is 8.75. The van der Waals surface area contributed by atoms with Crippen molar-refractivity contribution in [1.82, 2.24) is 0 Å². The first-order chi connectivity index (χ1) is 10.6. The van der Waals surface area contributed by atoms with Crippen LogP contribution >= 0.6 is 22.9 Å². The van der Waals surface area contributed by atoms with E-state index >= 15 is 0 Å². The number of hydrogen-bond acceptors (Lipinski definition) is 3. The molecule has 5 heteroatoms. The minimum absolute atomic E-state index is 0.155. The van der Waals surface area contributed by atoms with E-state index in [0.29, 0.717) is 27.2 Å². The number of halogens is 1. The molecule has 1 unspecified atom stereocenters. The van der Waals surface area contributed by atoms with E-state index in [9.17, 15) is 4.79 Å². The Morgan fingerprint density at radius 2 is 2.23 bits per heavy atom. The number of amides is 1. The summed E-state index contributed by atoms with van der Waals surface area (Å²) in [5.41, 5.74) is 8.53. The van der Waals surface area contributed by atoms with Crippen LogP contribution in [-0.2, 0) is 12.8 Å². The van der Waals surface area contributed by atoms with E-state index in [1.54, 1.807) is 23.5 Å². The van der Waals surface area contributed by atoms with E-state index in [1.807, 2.05) is 12.1 Å². The van der Waals surface area contributed by atoms with Gasteiger partial charge in [0.25, 0.3) is 5.91 Å². The number of anilines is 2. The highest BCUT2D eigenvalue weighted by molar-refractivity contribution is 7.16. The molecule has 0 saturated carbocycles. The fourth-order valence-electron chi connectivity index (χ4n) is 3.02. The zero-order chi connectivity index (χ0) is 15.7. The van der Waals surface area contributed by atoms with E-state index in [4.69, 9.17) is 17.3 Å². The smallest absolute Gasteiger partial charge is 0.258 e. The van der Waals surface area contributed by atoms with Crippen molar-refractivity contribution in [1.29, 1.82) is 0 Å². The molecular weight excluding hydrogens is 316 g/mol. The Hall–Kier alpha value is -1.52. The molecule has 0 radical (unpaired) electrons. The SMILES string of the molecule is CCC1CCc2c(sc(N)c2C(=O)Nc2ccccc2Cl)C1. The fourth-order valence-corrected chi connectivity index (χ4v) is 4.43. The van der Waals surface area contributed by atoms with Crippen LogP contribution in [-0.4, -0.2) is 5.91 Å². The molecule has 1 aromatic carbocycles. The van der Waals surface area contributed by atoms with Crippen LogP contribution in [0.25, 0.3) is 0 Å². The average Bonchev–Trinajstić information content (AvgIpc) is 2.84. The molecule has 116 valence electrons. The first kappa shape index (κ1) is 15.4. The highest BCUT2D eigenvalue weighted by Crippen LogP contribution is 2.39. The molecule has 1 aromatic heterocycles. The fraction of sp³-hybridized carbons (Fsp3) is 0.353. The highest BCUT2D eigenvalue weighted by Gasteiger charge is 2.27. The minimum atomic E-state index is -0.155. The van der Waals surface area contributed by atoms with Crippen LogP contribution in [0.3, 0.4) is 0 Å². The Morgan fingerprint density at radius 3 is 2.95 bits per heavy atom. The summed E-state index contributed by atoms with van der Waals surface area (Å²) < 4.78 is 0. The lowest BCUT2D eigenvalue weighted by atomic mass is 9.85. The molecular formula is C17H19ClN2OS. The molecule has 1 amide bonds. The number of fused-ring (bicyclic) bond motifs is 1. The van der Waals surface area contributed by atoms with Crippen molar-refractivity contribution >= 4 is 39.5 Å². The normalized spacial score (nSPS) is 17.1. The van der Waals surface area contributed by atoms with Gasteiger partial charge in [0.05, 0.1) is 21.3 Å². The standard InChI is InChI=1S/C17H19ClN2OS/c1-2-10-7-8-11-14(9-10)22-16(19)15(11)17(21)20-13-6-4-3-5-12(13)18/h3-6,10H,2,7-9,19H2,1H3,(H,20,21). The summed E-state index contributed by atoms with van der Waals surface area (Å²) >= 11 is 7.67. The number of thiophene rings is 1. The van der Waals surface area contributed by atoms with Gasteiger partial charge in [0.1, 0.15) is 0 Å². The number of nitrogens with one attached hydrogen (secondary N) is 1. The van der Waals surface area contributed by atoms with Gasteiger partial charge in [-0.25, -0.2) is 0 Å².